The van der Waals surface area contributed by atoms with Crippen LogP contribution in [0.1, 0.15) is 33.6 Å². The normalized spacial score (nSPS) is 14.4. The number of rotatable bonds is 6. The molecule has 0 aliphatic heterocycles. The predicted octanol–water partition coefficient (Wildman–Crippen LogP) is 3.23. The third-order valence-electron chi connectivity index (χ3n) is 2.58. The van der Waals surface area contributed by atoms with Crippen LogP contribution in [0.2, 0.25) is 0 Å². The maximum absolute atomic E-state index is 5.84. The molecule has 0 aliphatic carbocycles. The first-order valence-corrected chi connectivity index (χ1v) is 5.93. The molecule has 0 aliphatic rings. The van der Waals surface area contributed by atoms with Crippen LogP contribution in [-0.4, -0.2) is 12.3 Å². The van der Waals surface area contributed by atoms with E-state index in [1.54, 1.807) is 0 Å². The van der Waals surface area contributed by atoms with Crippen LogP contribution >= 0.6 is 0 Å². The van der Waals surface area contributed by atoms with Crippen LogP contribution in [0.25, 0.3) is 0 Å². The minimum Gasteiger partial charge on any atom is -0.399 e. The van der Waals surface area contributed by atoms with Crippen LogP contribution in [0, 0.1) is 0 Å². The molecular formula is C13H22N2O. The van der Waals surface area contributed by atoms with E-state index >= 15 is 0 Å². The summed E-state index contributed by atoms with van der Waals surface area (Å²) in [4.78, 5) is 0. The van der Waals surface area contributed by atoms with Gasteiger partial charge in [-0.2, -0.15) is 0 Å². The Kier molecular flexibility index (Phi) is 5.12. The number of nitrogen functional groups attached to an aromatic ring is 1. The Bertz CT molecular complexity index is 297. The summed E-state index contributed by atoms with van der Waals surface area (Å²) < 4.78 is 5.84. The number of hydrogen-bond acceptors (Lipinski definition) is 3. The zero-order chi connectivity index (χ0) is 12.0. The highest BCUT2D eigenvalue weighted by Gasteiger charge is 2.09. The summed E-state index contributed by atoms with van der Waals surface area (Å²) in [7, 11) is 0. The van der Waals surface area contributed by atoms with Crippen LogP contribution in [0.15, 0.2) is 24.3 Å². The average Bonchev–Trinajstić information content (AvgIpc) is 2.30. The lowest BCUT2D eigenvalue weighted by molar-refractivity contribution is 0.0102. The number of nitrogens with two attached hydrogens (primary N) is 1. The van der Waals surface area contributed by atoms with E-state index in [1.807, 2.05) is 24.3 Å². The van der Waals surface area contributed by atoms with E-state index in [0.717, 1.165) is 24.2 Å². The first-order valence-electron chi connectivity index (χ1n) is 5.93. The van der Waals surface area contributed by atoms with Gasteiger partial charge in [-0.1, -0.05) is 13.8 Å². The highest BCUT2D eigenvalue weighted by atomic mass is 16.5. The molecule has 16 heavy (non-hydrogen) atoms. The van der Waals surface area contributed by atoms with Crippen molar-refractivity contribution in [2.45, 2.75) is 45.9 Å². The Morgan fingerprint density at radius 1 is 1.19 bits per heavy atom. The van der Waals surface area contributed by atoms with Gasteiger partial charge >= 0.3 is 0 Å². The fourth-order valence-corrected chi connectivity index (χ4v) is 1.37. The zero-order valence-corrected chi connectivity index (χ0v) is 10.4. The highest BCUT2D eigenvalue weighted by molar-refractivity contribution is 5.51. The van der Waals surface area contributed by atoms with Crippen molar-refractivity contribution in [3.63, 3.8) is 0 Å². The first kappa shape index (κ1) is 12.8. The SMILES string of the molecule is CCC(C)OC(CC)Nc1ccc(N)cc1. The maximum atomic E-state index is 5.84. The molecule has 1 aromatic carbocycles. The van der Waals surface area contributed by atoms with Gasteiger partial charge in [-0.05, 0) is 44.0 Å². The van der Waals surface area contributed by atoms with E-state index in [-0.39, 0.29) is 12.3 Å². The van der Waals surface area contributed by atoms with Gasteiger partial charge in [-0.25, -0.2) is 0 Å². The second kappa shape index (κ2) is 6.38. The molecule has 2 atom stereocenters. The van der Waals surface area contributed by atoms with Gasteiger partial charge in [-0.3, -0.25) is 0 Å². The molecule has 2 unspecified atom stereocenters. The molecule has 0 spiro atoms. The smallest absolute Gasteiger partial charge is 0.127 e. The molecule has 0 fully saturated rings. The Balaban J connectivity index is 2.52. The second-order valence-corrected chi connectivity index (χ2v) is 4.02. The van der Waals surface area contributed by atoms with Crippen molar-refractivity contribution in [1.29, 1.82) is 0 Å². The summed E-state index contributed by atoms with van der Waals surface area (Å²) in [6, 6.07) is 7.71. The third kappa shape index (κ3) is 4.11. The number of ether oxygens (including phenoxy) is 1. The van der Waals surface area contributed by atoms with Gasteiger partial charge in [0.25, 0.3) is 0 Å². The fourth-order valence-electron chi connectivity index (χ4n) is 1.37. The molecular weight excluding hydrogens is 200 g/mol. The van der Waals surface area contributed by atoms with E-state index in [2.05, 4.69) is 26.1 Å². The second-order valence-electron chi connectivity index (χ2n) is 4.02. The largest absolute Gasteiger partial charge is 0.399 e. The molecule has 0 bridgehead atoms. The number of anilines is 2. The molecule has 3 heteroatoms. The van der Waals surface area contributed by atoms with Gasteiger partial charge in [0, 0.05) is 11.4 Å². The quantitative estimate of drug-likeness (QED) is 0.574. The molecule has 1 rings (SSSR count). The lowest BCUT2D eigenvalue weighted by atomic mass is 10.2. The van der Waals surface area contributed by atoms with Crippen molar-refractivity contribution in [3.8, 4) is 0 Å². The lowest BCUT2D eigenvalue weighted by Gasteiger charge is -2.22. The summed E-state index contributed by atoms with van der Waals surface area (Å²) >= 11 is 0. The third-order valence-corrected chi connectivity index (χ3v) is 2.58. The van der Waals surface area contributed by atoms with Crippen LogP contribution < -0.4 is 11.1 Å². The van der Waals surface area contributed by atoms with Crippen molar-refractivity contribution >= 4 is 11.4 Å². The molecule has 0 radical (unpaired) electrons. The highest BCUT2D eigenvalue weighted by Crippen LogP contribution is 2.14. The minimum absolute atomic E-state index is 0.0681. The van der Waals surface area contributed by atoms with Gasteiger partial charge in [-0.15, -0.1) is 0 Å². The Morgan fingerprint density at radius 3 is 2.31 bits per heavy atom. The van der Waals surface area contributed by atoms with Crippen molar-refractivity contribution in [1.82, 2.24) is 0 Å². The van der Waals surface area contributed by atoms with E-state index in [9.17, 15) is 0 Å². The Morgan fingerprint density at radius 2 is 1.81 bits per heavy atom. The number of hydrogen-bond donors (Lipinski definition) is 2. The van der Waals surface area contributed by atoms with Crippen molar-refractivity contribution in [3.05, 3.63) is 24.3 Å². The molecule has 1 aromatic rings. The predicted molar refractivity (Wildman–Crippen MR) is 69.4 cm³/mol. The van der Waals surface area contributed by atoms with Gasteiger partial charge in [0.2, 0.25) is 0 Å². The van der Waals surface area contributed by atoms with Gasteiger partial charge in [0.05, 0.1) is 6.10 Å². The molecule has 0 saturated carbocycles. The van der Waals surface area contributed by atoms with Crippen LogP contribution in [0.5, 0.6) is 0 Å². The van der Waals surface area contributed by atoms with Crippen LogP contribution in [0.3, 0.4) is 0 Å². The van der Waals surface area contributed by atoms with E-state index < -0.39 is 0 Å². The maximum Gasteiger partial charge on any atom is 0.127 e. The number of nitrogens with one attached hydrogen (secondary N) is 1. The molecule has 3 nitrogen and oxygen atoms in total. The summed E-state index contributed by atoms with van der Waals surface area (Å²) in [5.74, 6) is 0. The summed E-state index contributed by atoms with van der Waals surface area (Å²) in [6.07, 6.45) is 2.32. The Hall–Kier alpha value is -1.22. The molecule has 3 N–H and O–H groups in total. The molecule has 0 heterocycles. The van der Waals surface area contributed by atoms with Crippen LogP contribution in [-0.2, 0) is 4.74 Å². The van der Waals surface area contributed by atoms with Crippen molar-refractivity contribution < 1.29 is 4.74 Å². The topological polar surface area (TPSA) is 47.3 Å². The summed E-state index contributed by atoms with van der Waals surface area (Å²) in [5.41, 5.74) is 7.46. The van der Waals surface area contributed by atoms with Gasteiger partial charge in [0.1, 0.15) is 6.23 Å². The summed E-state index contributed by atoms with van der Waals surface area (Å²) in [6.45, 7) is 6.32. The summed E-state index contributed by atoms with van der Waals surface area (Å²) in [5, 5.41) is 3.34. The standard InChI is InChI=1S/C13H22N2O/c1-4-10(3)16-13(5-2)15-12-8-6-11(14)7-9-12/h6-10,13,15H,4-5,14H2,1-3H3. The number of benzene rings is 1. The molecule has 0 amide bonds. The minimum atomic E-state index is 0.0681. The Labute approximate surface area is 98.0 Å². The fraction of sp³-hybridized carbons (Fsp3) is 0.538. The van der Waals surface area contributed by atoms with E-state index in [4.69, 9.17) is 10.5 Å². The van der Waals surface area contributed by atoms with Crippen molar-refractivity contribution in [2.24, 2.45) is 0 Å². The zero-order valence-electron chi connectivity index (χ0n) is 10.4. The van der Waals surface area contributed by atoms with E-state index in [1.165, 1.54) is 0 Å². The van der Waals surface area contributed by atoms with E-state index in [0.29, 0.717) is 0 Å². The average molecular weight is 222 g/mol. The molecule has 0 aromatic heterocycles. The first-order chi connectivity index (χ1) is 7.65. The monoisotopic (exact) mass is 222 g/mol. The molecule has 90 valence electrons. The lowest BCUT2D eigenvalue weighted by Crippen LogP contribution is -2.26. The van der Waals surface area contributed by atoms with Crippen molar-refractivity contribution in [2.75, 3.05) is 11.1 Å². The van der Waals surface area contributed by atoms with Crippen LogP contribution in [0.4, 0.5) is 11.4 Å². The van der Waals surface area contributed by atoms with Gasteiger partial charge in [0.15, 0.2) is 0 Å². The molecule has 0 saturated heterocycles. The van der Waals surface area contributed by atoms with Gasteiger partial charge < -0.3 is 15.8 Å².